The van der Waals surface area contributed by atoms with E-state index in [1.54, 1.807) is 0 Å². The summed E-state index contributed by atoms with van der Waals surface area (Å²) in [6.07, 6.45) is 2.56. The van der Waals surface area contributed by atoms with E-state index < -0.39 is 5.97 Å². The highest BCUT2D eigenvalue weighted by Gasteiger charge is 2.19. The van der Waals surface area contributed by atoms with Gasteiger partial charge in [-0.05, 0) is 32.4 Å². The van der Waals surface area contributed by atoms with Crippen LogP contribution >= 0.6 is 0 Å². The van der Waals surface area contributed by atoms with Gasteiger partial charge in [0.25, 0.3) is 0 Å². The highest BCUT2D eigenvalue weighted by molar-refractivity contribution is 5.67. The zero-order chi connectivity index (χ0) is 8.27. The van der Waals surface area contributed by atoms with Crippen molar-refractivity contribution in [3.63, 3.8) is 0 Å². The maximum atomic E-state index is 10.4. The molecular formula is C8H15NO2. The number of carbonyl (C=O) groups is 1. The summed E-state index contributed by atoms with van der Waals surface area (Å²) < 4.78 is 0. The van der Waals surface area contributed by atoms with Crippen LogP contribution in [0.3, 0.4) is 0 Å². The number of hydrogen-bond donors (Lipinski definition) is 1. The average molecular weight is 157 g/mol. The summed E-state index contributed by atoms with van der Waals surface area (Å²) in [6, 6.07) is 0. The zero-order valence-corrected chi connectivity index (χ0v) is 6.92. The molecule has 0 amide bonds. The first kappa shape index (κ1) is 8.53. The van der Waals surface area contributed by atoms with Crippen molar-refractivity contribution in [3.8, 4) is 0 Å². The van der Waals surface area contributed by atoms with Gasteiger partial charge in [0.15, 0.2) is 0 Å². The Labute approximate surface area is 67.0 Å². The molecule has 0 saturated carbocycles. The molecule has 1 rings (SSSR count). The summed E-state index contributed by atoms with van der Waals surface area (Å²) >= 11 is 0. The summed E-state index contributed by atoms with van der Waals surface area (Å²) in [5.74, 6) is -0.281. The minimum Gasteiger partial charge on any atom is -0.481 e. The second kappa shape index (κ2) is 3.72. The lowest BCUT2D eigenvalue weighted by atomic mass is 9.95. The summed E-state index contributed by atoms with van der Waals surface area (Å²) in [7, 11) is 2.05. The fraction of sp³-hybridized carbons (Fsp3) is 0.875. The normalized spacial score (nSPS) is 26.8. The Morgan fingerprint density at radius 1 is 1.73 bits per heavy atom. The Hall–Kier alpha value is -0.570. The molecule has 0 aromatic carbocycles. The van der Waals surface area contributed by atoms with Gasteiger partial charge in [-0.25, -0.2) is 0 Å². The molecule has 1 heterocycles. The van der Waals surface area contributed by atoms with Crippen LogP contribution in [0.25, 0.3) is 0 Å². The van der Waals surface area contributed by atoms with Crippen molar-refractivity contribution in [1.29, 1.82) is 0 Å². The number of carboxylic acid groups (broad SMARTS) is 1. The molecule has 3 nitrogen and oxygen atoms in total. The summed E-state index contributed by atoms with van der Waals surface area (Å²) in [4.78, 5) is 12.6. The molecule has 0 aromatic rings. The Bertz CT molecular complexity index is 147. The molecule has 0 unspecified atom stereocenters. The number of nitrogens with zero attached hydrogens (tertiary/aromatic N) is 1. The van der Waals surface area contributed by atoms with Gasteiger partial charge in [0, 0.05) is 13.0 Å². The molecule has 1 saturated heterocycles. The number of hydrogen-bond acceptors (Lipinski definition) is 2. The minimum atomic E-state index is -0.662. The monoisotopic (exact) mass is 157 g/mol. The van der Waals surface area contributed by atoms with E-state index >= 15 is 0 Å². The number of likely N-dealkylation sites (tertiary alicyclic amines) is 1. The maximum Gasteiger partial charge on any atom is 0.303 e. The molecule has 1 atom stereocenters. The van der Waals surface area contributed by atoms with E-state index in [0.29, 0.717) is 12.3 Å². The highest BCUT2D eigenvalue weighted by Crippen LogP contribution is 2.17. The lowest BCUT2D eigenvalue weighted by Crippen LogP contribution is -2.33. The number of carboxylic acids is 1. The average Bonchev–Trinajstić information content (AvgIpc) is 1.85. The number of rotatable bonds is 2. The van der Waals surface area contributed by atoms with Crippen molar-refractivity contribution in [2.45, 2.75) is 19.3 Å². The smallest absolute Gasteiger partial charge is 0.303 e. The predicted molar refractivity (Wildman–Crippen MR) is 42.5 cm³/mol. The van der Waals surface area contributed by atoms with E-state index in [1.165, 1.54) is 0 Å². The summed E-state index contributed by atoms with van der Waals surface area (Å²) in [5.41, 5.74) is 0. The van der Waals surface area contributed by atoms with Gasteiger partial charge in [0.2, 0.25) is 0 Å². The molecule has 0 aromatic heterocycles. The highest BCUT2D eigenvalue weighted by atomic mass is 16.4. The fourth-order valence-corrected chi connectivity index (χ4v) is 1.69. The quantitative estimate of drug-likeness (QED) is 0.644. The number of piperidine rings is 1. The van der Waals surface area contributed by atoms with Gasteiger partial charge in [0.1, 0.15) is 0 Å². The Balaban J connectivity index is 2.28. The van der Waals surface area contributed by atoms with E-state index in [0.717, 1.165) is 25.9 Å². The van der Waals surface area contributed by atoms with Crippen LogP contribution in [-0.2, 0) is 4.79 Å². The van der Waals surface area contributed by atoms with Crippen LogP contribution in [-0.4, -0.2) is 36.1 Å². The Morgan fingerprint density at radius 2 is 2.45 bits per heavy atom. The fourth-order valence-electron chi connectivity index (χ4n) is 1.69. The summed E-state index contributed by atoms with van der Waals surface area (Å²) in [6.45, 7) is 2.07. The van der Waals surface area contributed by atoms with Gasteiger partial charge < -0.3 is 10.0 Å². The standard InChI is InChI=1S/C8H15NO2/c1-9-4-2-3-7(6-9)5-8(10)11/h7H,2-6H2,1H3,(H,10,11)/t7-/m1/s1. The van der Waals surface area contributed by atoms with Crippen LogP contribution in [0, 0.1) is 5.92 Å². The molecule has 0 aliphatic carbocycles. The van der Waals surface area contributed by atoms with Gasteiger partial charge in [-0.2, -0.15) is 0 Å². The molecule has 0 spiro atoms. The van der Waals surface area contributed by atoms with Crippen LogP contribution in [0.4, 0.5) is 0 Å². The van der Waals surface area contributed by atoms with E-state index in [1.807, 2.05) is 7.05 Å². The van der Waals surface area contributed by atoms with E-state index in [-0.39, 0.29) is 0 Å². The molecule has 1 aliphatic heterocycles. The van der Waals surface area contributed by atoms with Gasteiger partial charge in [-0.3, -0.25) is 4.79 Å². The van der Waals surface area contributed by atoms with E-state index in [2.05, 4.69) is 4.90 Å². The lowest BCUT2D eigenvalue weighted by Gasteiger charge is -2.28. The first-order valence-electron chi connectivity index (χ1n) is 4.09. The van der Waals surface area contributed by atoms with Crippen LogP contribution in [0.1, 0.15) is 19.3 Å². The lowest BCUT2D eigenvalue weighted by molar-refractivity contribution is -0.138. The molecule has 3 heteroatoms. The van der Waals surface area contributed by atoms with Crippen molar-refractivity contribution in [3.05, 3.63) is 0 Å². The third-order valence-electron chi connectivity index (χ3n) is 2.19. The second-order valence-electron chi connectivity index (χ2n) is 3.37. The largest absolute Gasteiger partial charge is 0.481 e. The minimum absolute atomic E-state index is 0.338. The van der Waals surface area contributed by atoms with Crippen molar-refractivity contribution < 1.29 is 9.90 Å². The maximum absolute atomic E-state index is 10.4. The van der Waals surface area contributed by atoms with Crippen LogP contribution in [0.2, 0.25) is 0 Å². The Morgan fingerprint density at radius 3 is 3.00 bits per heavy atom. The van der Waals surface area contributed by atoms with Crippen LogP contribution in [0.15, 0.2) is 0 Å². The molecule has 1 N–H and O–H groups in total. The molecule has 0 radical (unpaired) electrons. The van der Waals surface area contributed by atoms with Gasteiger partial charge >= 0.3 is 5.97 Å². The third kappa shape index (κ3) is 2.89. The third-order valence-corrected chi connectivity index (χ3v) is 2.19. The number of aliphatic carboxylic acids is 1. The molecular weight excluding hydrogens is 142 g/mol. The topological polar surface area (TPSA) is 40.5 Å². The summed E-state index contributed by atoms with van der Waals surface area (Å²) in [5, 5.41) is 8.53. The van der Waals surface area contributed by atoms with Crippen LogP contribution in [0.5, 0.6) is 0 Å². The molecule has 1 fully saturated rings. The van der Waals surface area contributed by atoms with Crippen molar-refractivity contribution in [2.75, 3.05) is 20.1 Å². The molecule has 0 bridgehead atoms. The van der Waals surface area contributed by atoms with E-state index in [4.69, 9.17) is 5.11 Å². The van der Waals surface area contributed by atoms with Crippen molar-refractivity contribution in [2.24, 2.45) is 5.92 Å². The van der Waals surface area contributed by atoms with Gasteiger partial charge in [-0.15, -0.1) is 0 Å². The van der Waals surface area contributed by atoms with Crippen LogP contribution < -0.4 is 0 Å². The predicted octanol–water partition coefficient (Wildman–Crippen LogP) is 0.803. The van der Waals surface area contributed by atoms with Crippen molar-refractivity contribution in [1.82, 2.24) is 4.90 Å². The second-order valence-corrected chi connectivity index (χ2v) is 3.37. The SMILES string of the molecule is CN1CCC[C@H](CC(=O)O)C1. The first-order chi connectivity index (χ1) is 5.18. The first-order valence-corrected chi connectivity index (χ1v) is 4.09. The molecule has 1 aliphatic rings. The molecule has 11 heavy (non-hydrogen) atoms. The van der Waals surface area contributed by atoms with Gasteiger partial charge in [0.05, 0.1) is 0 Å². The molecule has 64 valence electrons. The van der Waals surface area contributed by atoms with Gasteiger partial charge in [-0.1, -0.05) is 0 Å². The van der Waals surface area contributed by atoms with E-state index in [9.17, 15) is 4.79 Å². The van der Waals surface area contributed by atoms with Crippen molar-refractivity contribution >= 4 is 5.97 Å². The zero-order valence-electron chi connectivity index (χ0n) is 6.92. The Kier molecular flexibility index (Phi) is 2.88.